The van der Waals surface area contributed by atoms with Gasteiger partial charge >= 0.3 is 0 Å². The SMILES string of the molecule is CC(NC(=O)c1cc2c(cc1Cl)N1CCCCCC1=NS2(=O)=O)c1ccccc1. The second-order valence-corrected chi connectivity index (χ2v) is 9.33. The molecule has 152 valence electrons. The van der Waals surface area contributed by atoms with Crippen LogP contribution in [0.4, 0.5) is 5.69 Å². The van der Waals surface area contributed by atoms with Gasteiger partial charge < -0.3 is 10.2 Å². The Hall–Kier alpha value is -2.38. The van der Waals surface area contributed by atoms with Crippen LogP contribution >= 0.6 is 11.6 Å². The van der Waals surface area contributed by atoms with Crippen molar-refractivity contribution in [2.24, 2.45) is 4.40 Å². The molecule has 0 saturated carbocycles. The normalized spacial score (nSPS) is 18.7. The highest BCUT2D eigenvalue weighted by Crippen LogP contribution is 2.38. The van der Waals surface area contributed by atoms with Gasteiger partial charge in [-0.05, 0) is 37.5 Å². The van der Waals surface area contributed by atoms with E-state index in [0.29, 0.717) is 24.5 Å². The lowest BCUT2D eigenvalue weighted by Crippen LogP contribution is -2.35. The van der Waals surface area contributed by atoms with Crippen molar-refractivity contribution >= 4 is 39.1 Å². The Morgan fingerprint density at radius 3 is 2.69 bits per heavy atom. The lowest BCUT2D eigenvalue weighted by atomic mass is 10.1. The Labute approximate surface area is 175 Å². The maximum Gasteiger partial charge on any atom is 0.286 e. The summed E-state index contributed by atoms with van der Waals surface area (Å²) < 4.78 is 29.6. The van der Waals surface area contributed by atoms with Crippen molar-refractivity contribution in [3.63, 3.8) is 0 Å². The molecule has 1 saturated heterocycles. The number of amides is 1. The highest BCUT2D eigenvalue weighted by Gasteiger charge is 2.33. The quantitative estimate of drug-likeness (QED) is 0.785. The maximum absolute atomic E-state index is 12.8. The molecule has 29 heavy (non-hydrogen) atoms. The van der Waals surface area contributed by atoms with Crippen LogP contribution in [-0.4, -0.2) is 26.7 Å². The first-order valence-corrected chi connectivity index (χ1v) is 11.5. The number of amidine groups is 1. The van der Waals surface area contributed by atoms with Crippen LogP contribution in [0.5, 0.6) is 0 Å². The molecule has 1 N–H and O–H groups in total. The number of nitrogens with zero attached hydrogens (tertiary/aromatic N) is 2. The van der Waals surface area contributed by atoms with Gasteiger partial charge in [-0.25, -0.2) is 0 Å². The Kier molecular flexibility index (Phi) is 5.36. The van der Waals surface area contributed by atoms with Gasteiger partial charge in [0.05, 0.1) is 22.3 Å². The smallest absolute Gasteiger partial charge is 0.286 e. The summed E-state index contributed by atoms with van der Waals surface area (Å²) in [6.45, 7) is 2.55. The summed E-state index contributed by atoms with van der Waals surface area (Å²) in [5, 5.41) is 3.11. The molecule has 2 heterocycles. The van der Waals surface area contributed by atoms with Crippen LogP contribution in [0.1, 0.15) is 54.6 Å². The third-order valence-electron chi connectivity index (χ3n) is 5.33. The van der Waals surface area contributed by atoms with Crippen molar-refractivity contribution in [1.82, 2.24) is 5.32 Å². The molecule has 0 aliphatic carbocycles. The van der Waals surface area contributed by atoms with Gasteiger partial charge in [0.2, 0.25) is 0 Å². The molecular weight excluding hydrogens is 410 g/mol. The number of hydrogen-bond donors (Lipinski definition) is 1. The molecule has 2 aliphatic heterocycles. The van der Waals surface area contributed by atoms with Gasteiger partial charge in [0, 0.05) is 13.0 Å². The van der Waals surface area contributed by atoms with Gasteiger partial charge in [0.25, 0.3) is 15.9 Å². The third kappa shape index (κ3) is 3.89. The van der Waals surface area contributed by atoms with Crippen molar-refractivity contribution in [2.75, 3.05) is 11.4 Å². The lowest BCUT2D eigenvalue weighted by Gasteiger charge is -2.30. The Morgan fingerprint density at radius 2 is 1.93 bits per heavy atom. The molecule has 2 aromatic carbocycles. The van der Waals surface area contributed by atoms with Crippen molar-refractivity contribution in [3.05, 3.63) is 58.6 Å². The van der Waals surface area contributed by atoms with E-state index < -0.39 is 15.9 Å². The first-order valence-electron chi connectivity index (χ1n) is 9.67. The number of carbonyl (C=O) groups is 1. The van der Waals surface area contributed by atoms with Crippen LogP contribution in [0.25, 0.3) is 0 Å². The molecule has 1 fully saturated rings. The van der Waals surface area contributed by atoms with Crippen LogP contribution < -0.4 is 10.2 Å². The molecule has 0 bridgehead atoms. The van der Waals surface area contributed by atoms with E-state index in [1.54, 1.807) is 6.07 Å². The number of benzene rings is 2. The molecule has 4 rings (SSSR count). The van der Waals surface area contributed by atoms with Gasteiger partial charge in [0.1, 0.15) is 10.7 Å². The Balaban J connectivity index is 1.69. The Bertz CT molecular complexity index is 1080. The average molecular weight is 432 g/mol. The van der Waals surface area contributed by atoms with Crippen LogP contribution in [0.2, 0.25) is 5.02 Å². The van der Waals surface area contributed by atoms with Crippen molar-refractivity contribution in [2.45, 2.75) is 43.5 Å². The summed E-state index contributed by atoms with van der Waals surface area (Å²) in [5.74, 6) is 0.135. The van der Waals surface area contributed by atoms with Gasteiger partial charge in [-0.15, -0.1) is 4.40 Å². The number of carbonyl (C=O) groups excluding carboxylic acids is 1. The number of sulfonamides is 1. The van der Waals surface area contributed by atoms with Gasteiger partial charge in [0.15, 0.2) is 0 Å². The number of hydrogen-bond acceptors (Lipinski definition) is 4. The van der Waals surface area contributed by atoms with Crippen molar-refractivity contribution in [1.29, 1.82) is 0 Å². The lowest BCUT2D eigenvalue weighted by molar-refractivity contribution is 0.0940. The summed E-state index contributed by atoms with van der Waals surface area (Å²) in [6.07, 6.45) is 3.50. The second kappa shape index (κ2) is 7.80. The van der Waals surface area contributed by atoms with E-state index in [-0.39, 0.29) is 21.5 Å². The van der Waals surface area contributed by atoms with Gasteiger partial charge in [-0.1, -0.05) is 48.4 Å². The minimum absolute atomic E-state index is 0.0325. The van der Waals surface area contributed by atoms with Crippen LogP contribution in [0.3, 0.4) is 0 Å². The van der Waals surface area contributed by atoms with E-state index in [4.69, 9.17) is 11.6 Å². The highest BCUT2D eigenvalue weighted by molar-refractivity contribution is 7.90. The molecule has 8 heteroatoms. The standard InChI is InChI=1S/C21H22ClN3O3S/c1-14(15-8-4-2-5-9-15)23-21(26)16-12-19-18(13-17(16)22)25-11-7-3-6-10-20(25)24-29(19,27)28/h2,4-5,8-9,12-14H,3,6-7,10-11H2,1H3,(H,23,26). The van der Waals surface area contributed by atoms with E-state index in [1.807, 2.05) is 42.2 Å². The minimum Gasteiger partial charge on any atom is -0.345 e. The van der Waals surface area contributed by atoms with Crippen LogP contribution in [0.15, 0.2) is 51.8 Å². The van der Waals surface area contributed by atoms with Gasteiger partial charge in [-0.2, -0.15) is 8.42 Å². The van der Waals surface area contributed by atoms with E-state index >= 15 is 0 Å². The maximum atomic E-state index is 12.8. The summed E-state index contributed by atoms with van der Waals surface area (Å²) in [4.78, 5) is 14.8. The molecule has 1 amide bonds. The molecule has 0 spiro atoms. The largest absolute Gasteiger partial charge is 0.345 e. The summed E-state index contributed by atoms with van der Waals surface area (Å²) >= 11 is 6.43. The highest BCUT2D eigenvalue weighted by atomic mass is 35.5. The number of fused-ring (bicyclic) bond motifs is 3. The molecular formula is C21H22ClN3O3S. The molecule has 2 aliphatic rings. The first-order chi connectivity index (χ1) is 13.9. The zero-order valence-corrected chi connectivity index (χ0v) is 17.6. The van der Waals surface area contributed by atoms with E-state index in [9.17, 15) is 13.2 Å². The summed E-state index contributed by atoms with van der Waals surface area (Å²) in [7, 11) is -3.87. The van der Waals surface area contributed by atoms with Crippen molar-refractivity contribution < 1.29 is 13.2 Å². The van der Waals surface area contributed by atoms with Crippen LogP contribution in [0, 0.1) is 0 Å². The number of nitrogens with one attached hydrogen (secondary N) is 1. The topological polar surface area (TPSA) is 78.8 Å². The van der Waals surface area contributed by atoms with Crippen LogP contribution in [-0.2, 0) is 10.0 Å². The fourth-order valence-electron chi connectivity index (χ4n) is 3.77. The van der Waals surface area contributed by atoms with E-state index in [2.05, 4.69) is 9.71 Å². The third-order valence-corrected chi connectivity index (χ3v) is 6.97. The second-order valence-electron chi connectivity index (χ2n) is 7.35. The molecule has 0 radical (unpaired) electrons. The predicted molar refractivity (Wildman–Crippen MR) is 114 cm³/mol. The summed E-state index contributed by atoms with van der Waals surface area (Å²) in [5.41, 5.74) is 1.58. The molecule has 1 unspecified atom stereocenters. The molecule has 0 aromatic heterocycles. The fourth-order valence-corrected chi connectivity index (χ4v) is 5.28. The van der Waals surface area contributed by atoms with Gasteiger partial charge in [-0.3, -0.25) is 4.79 Å². The number of anilines is 1. The zero-order valence-electron chi connectivity index (χ0n) is 16.1. The van der Waals surface area contributed by atoms with E-state index in [1.165, 1.54) is 6.07 Å². The molecule has 6 nitrogen and oxygen atoms in total. The van der Waals surface area contributed by atoms with Crippen molar-refractivity contribution in [3.8, 4) is 0 Å². The predicted octanol–water partition coefficient (Wildman–Crippen LogP) is 4.31. The number of rotatable bonds is 3. The minimum atomic E-state index is -3.87. The zero-order chi connectivity index (χ0) is 20.6. The first kappa shape index (κ1) is 19.9. The monoisotopic (exact) mass is 431 g/mol. The summed E-state index contributed by atoms with van der Waals surface area (Å²) in [6, 6.07) is 12.2. The Morgan fingerprint density at radius 1 is 1.17 bits per heavy atom. The fraction of sp³-hybridized carbons (Fsp3) is 0.333. The number of halogens is 1. The molecule has 2 aromatic rings. The molecule has 1 atom stereocenters. The average Bonchev–Trinajstić information content (AvgIpc) is 2.93. The van der Waals surface area contributed by atoms with E-state index in [0.717, 1.165) is 24.8 Å².